The minimum absolute atomic E-state index is 0.0606. The lowest BCUT2D eigenvalue weighted by Gasteiger charge is -2.12. The molecule has 1 N–H and O–H groups in total. The monoisotopic (exact) mass is 298 g/mol. The van der Waals surface area contributed by atoms with E-state index in [0.717, 1.165) is 29.6 Å². The van der Waals surface area contributed by atoms with E-state index in [0.29, 0.717) is 6.61 Å². The number of para-hydroxylation sites is 1. The van der Waals surface area contributed by atoms with Gasteiger partial charge in [0.2, 0.25) is 0 Å². The van der Waals surface area contributed by atoms with Crippen molar-refractivity contribution in [2.45, 2.75) is 39.0 Å². The summed E-state index contributed by atoms with van der Waals surface area (Å²) >= 11 is 0. The van der Waals surface area contributed by atoms with Crippen LogP contribution in [0.15, 0.2) is 36.4 Å². The molecule has 2 heterocycles. The van der Waals surface area contributed by atoms with Crippen molar-refractivity contribution < 1.29 is 9.53 Å². The van der Waals surface area contributed by atoms with Crippen LogP contribution < -0.4 is 5.32 Å². The lowest BCUT2D eigenvalue weighted by atomic mass is 10.0. The van der Waals surface area contributed by atoms with Gasteiger partial charge in [-0.3, -0.25) is 9.78 Å². The van der Waals surface area contributed by atoms with Crippen LogP contribution in [-0.4, -0.2) is 29.5 Å². The first-order chi connectivity index (χ1) is 10.6. The predicted molar refractivity (Wildman–Crippen MR) is 86.6 cm³/mol. The molecule has 1 aromatic carbocycles. The Bertz CT molecular complexity index is 669. The summed E-state index contributed by atoms with van der Waals surface area (Å²) in [6, 6.07) is 12.1. The van der Waals surface area contributed by atoms with Gasteiger partial charge >= 0.3 is 0 Å². The molecule has 1 aromatic heterocycles. The Balaban J connectivity index is 1.57. The van der Waals surface area contributed by atoms with Gasteiger partial charge in [0.25, 0.3) is 0 Å². The van der Waals surface area contributed by atoms with Gasteiger partial charge in [-0.15, -0.1) is 0 Å². The zero-order chi connectivity index (χ0) is 15.5. The number of carbonyl (C=O) groups is 1. The molecule has 0 bridgehead atoms. The van der Waals surface area contributed by atoms with Crippen LogP contribution >= 0.6 is 0 Å². The molecule has 22 heavy (non-hydrogen) atoms. The molecule has 1 aliphatic heterocycles. The zero-order valence-electron chi connectivity index (χ0n) is 13.1. The fraction of sp³-hybridized carbons (Fsp3) is 0.444. The molecule has 2 aromatic rings. The first-order valence-corrected chi connectivity index (χ1v) is 7.87. The molecular formula is C18H22N2O2. The first kappa shape index (κ1) is 15.1. The van der Waals surface area contributed by atoms with E-state index in [9.17, 15) is 4.79 Å². The van der Waals surface area contributed by atoms with Gasteiger partial charge < -0.3 is 10.1 Å². The standard InChI is InChI=1S/C18H22N2O2/c1-12(2)18(21)17-9-15(10-19-17)22-11-14-8-7-13-5-3-4-6-16(13)20-14/h3-8,12,15,17,19H,9-11H2,1-2H3/t15-,17?/m1/s1. The van der Waals surface area contributed by atoms with E-state index in [-0.39, 0.29) is 23.8 Å². The summed E-state index contributed by atoms with van der Waals surface area (Å²) in [5.41, 5.74) is 1.92. The number of benzene rings is 1. The Kier molecular flexibility index (Phi) is 4.50. The third kappa shape index (κ3) is 3.34. The minimum atomic E-state index is -0.0606. The summed E-state index contributed by atoms with van der Waals surface area (Å²) in [6.45, 7) is 5.10. The number of hydrogen-bond donors (Lipinski definition) is 1. The van der Waals surface area contributed by atoms with Crippen molar-refractivity contribution in [1.29, 1.82) is 0 Å². The van der Waals surface area contributed by atoms with Gasteiger partial charge in [0.05, 0.1) is 30.0 Å². The van der Waals surface area contributed by atoms with Gasteiger partial charge in [-0.05, 0) is 18.6 Å². The number of aromatic nitrogens is 1. The van der Waals surface area contributed by atoms with Crippen LogP contribution in [0.3, 0.4) is 0 Å². The number of carbonyl (C=O) groups excluding carboxylic acids is 1. The molecule has 2 atom stereocenters. The fourth-order valence-electron chi connectivity index (χ4n) is 2.84. The first-order valence-electron chi connectivity index (χ1n) is 7.87. The zero-order valence-corrected chi connectivity index (χ0v) is 13.1. The summed E-state index contributed by atoms with van der Waals surface area (Å²) in [4.78, 5) is 16.6. The quantitative estimate of drug-likeness (QED) is 0.922. The maximum absolute atomic E-state index is 12.0. The van der Waals surface area contributed by atoms with Crippen LogP contribution in [0.4, 0.5) is 0 Å². The molecule has 0 amide bonds. The third-order valence-electron chi connectivity index (χ3n) is 4.13. The van der Waals surface area contributed by atoms with E-state index >= 15 is 0 Å². The van der Waals surface area contributed by atoms with Gasteiger partial charge in [0, 0.05) is 17.8 Å². The SMILES string of the molecule is CC(C)C(=O)C1C[C@@H](OCc2ccc3ccccc3n2)CN1. The van der Waals surface area contributed by atoms with Crippen LogP contribution in [0, 0.1) is 5.92 Å². The summed E-state index contributed by atoms with van der Waals surface area (Å²) in [6.07, 6.45) is 0.839. The molecule has 3 rings (SSSR count). The highest BCUT2D eigenvalue weighted by atomic mass is 16.5. The molecule has 116 valence electrons. The maximum atomic E-state index is 12.0. The smallest absolute Gasteiger partial charge is 0.152 e. The number of nitrogens with one attached hydrogen (secondary N) is 1. The molecule has 1 unspecified atom stereocenters. The average molecular weight is 298 g/mol. The normalized spacial score (nSPS) is 21.6. The molecule has 0 aliphatic carbocycles. The fourth-order valence-corrected chi connectivity index (χ4v) is 2.84. The lowest BCUT2D eigenvalue weighted by molar-refractivity contribution is -0.123. The molecular weight excluding hydrogens is 276 g/mol. The lowest BCUT2D eigenvalue weighted by Crippen LogP contribution is -2.33. The van der Waals surface area contributed by atoms with Gasteiger partial charge in [-0.2, -0.15) is 0 Å². The van der Waals surface area contributed by atoms with E-state index in [1.165, 1.54) is 0 Å². The van der Waals surface area contributed by atoms with E-state index in [2.05, 4.69) is 22.4 Å². The van der Waals surface area contributed by atoms with E-state index in [4.69, 9.17) is 4.74 Å². The number of hydrogen-bond acceptors (Lipinski definition) is 4. The summed E-state index contributed by atoms with van der Waals surface area (Å²) < 4.78 is 5.92. The highest BCUT2D eigenvalue weighted by molar-refractivity contribution is 5.86. The van der Waals surface area contributed by atoms with Crippen LogP contribution in [0.5, 0.6) is 0 Å². The maximum Gasteiger partial charge on any atom is 0.152 e. The molecule has 0 spiro atoms. The number of ether oxygens (including phenoxy) is 1. The van der Waals surface area contributed by atoms with Crippen LogP contribution in [0.25, 0.3) is 10.9 Å². The van der Waals surface area contributed by atoms with E-state index in [1.54, 1.807) is 0 Å². The van der Waals surface area contributed by atoms with Crippen LogP contribution in [-0.2, 0) is 16.1 Å². The Morgan fingerprint density at radius 2 is 2.14 bits per heavy atom. The number of pyridine rings is 1. The Morgan fingerprint density at radius 1 is 1.32 bits per heavy atom. The molecule has 0 saturated carbocycles. The second-order valence-electron chi connectivity index (χ2n) is 6.18. The topological polar surface area (TPSA) is 51.2 Å². The number of nitrogens with zero attached hydrogens (tertiary/aromatic N) is 1. The van der Waals surface area contributed by atoms with Crippen molar-refractivity contribution in [2.24, 2.45) is 5.92 Å². The largest absolute Gasteiger partial charge is 0.371 e. The van der Waals surface area contributed by atoms with Crippen molar-refractivity contribution in [3.8, 4) is 0 Å². The Hall–Kier alpha value is -1.78. The molecule has 1 saturated heterocycles. The van der Waals surface area contributed by atoms with Gasteiger partial charge in [0.1, 0.15) is 0 Å². The predicted octanol–water partition coefficient (Wildman–Crippen LogP) is 2.71. The van der Waals surface area contributed by atoms with Crippen molar-refractivity contribution in [3.05, 3.63) is 42.1 Å². The summed E-state index contributed by atoms with van der Waals surface area (Å²) in [5.74, 6) is 0.341. The molecule has 4 nitrogen and oxygen atoms in total. The molecule has 1 aliphatic rings. The van der Waals surface area contributed by atoms with Gasteiger partial charge in [-0.25, -0.2) is 0 Å². The summed E-state index contributed by atoms with van der Waals surface area (Å²) in [7, 11) is 0. The third-order valence-corrected chi connectivity index (χ3v) is 4.13. The average Bonchev–Trinajstić information content (AvgIpc) is 3.00. The second kappa shape index (κ2) is 6.55. The van der Waals surface area contributed by atoms with Crippen molar-refractivity contribution in [1.82, 2.24) is 10.3 Å². The van der Waals surface area contributed by atoms with E-state index < -0.39 is 0 Å². The highest BCUT2D eigenvalue weighted by Gasteiger charge is 2.30. The highest BCUT2D eigenvalue weighted by Crippen LogP contribution is 2.17. The second-order valence-corrected chi connectivity index (χ2v) is 6.18. The number of Topliss-reactive ketones (excluding diaryl/α,β-unsaturated/α-hetero) is 1. The minimum Gasteiger partial charge on any atom is -0.371 e. The number of ketones is 1. The number of rotatable bonds is 5. The Morgan fingerprint density at radius 3 is 2.95 bits per heavy atom. The van der Waals surface area contributed by atoms with Crippen molar-refractivity contribution in [3.63, 3.8) is 0 Å². The van der Waals surface area contributed by atoms with Crippen molar-refractivity contribution in [2.75, 3.05) is 6.54 Å². The van der Waals surface area contributed by atoms with Crippen molar-refractivity contribution >= 4 is 16.7 Å². The van der Waals surface area contributed by atoms with Crippen LogP contribution in [0.1, 0.15) is 26.0 Å². The van der Waals surface area contributed by atoms with Gasteiger partial charge in [-0.1, -0.05) is 38.1 Å². The molecule has 4 heteroatoms. The Labute approximate surface area is 130 Å². The number of fused-ring (bicyclic) bond motifs is 1. The summed E-state index contributed by atoms with van der Waals surface area (Å²) in [5, 5.41) is 4.39. The van der Waals surface area contributed by atoms with Gasteiger partial charge in [0.15, 0.2) is 5.78 Å². The van der Waals surface area contributed by atoms with Crippen LogP contribution in [0.2, 0.25) is 0 Å². The van der Waals surface area contributed by atoms with E-state index in [1.807, 2.05) is 38.1 Å². The molecule has 1 fully saturated rings. The molecule has 0 radical (unpaired) electrons.